The quantitative estimate of drug-likeness (QED) is 0.664. The lowest BCUT2D eigenvalue weighted by atomic mass is 10.0. The molecule has 3 N–H and O–H groups in total. The number of anilines is 1. The zero-order valence-corrected chi connectivity index (χ0v) is 17.1. The number of urea groups is 1. The van der Waals surface area contributed by atoms with Gasteiger partial charge in [0.2, 0.25) is 5.91 Å². The molecule has 2 aliphatic heterocycles. The van der Waals surface area contributed by atoms with E-state index in [4.69, 9.17) is 4.42 Å². The Morgan fingerprint density at radius 3 is 2.55 bits per heavy atom. The Morgan fingerprint density at radius 1 is 1.16 bits per heavy atom. The van der Waals surface area contributed by atoms with Crippen LogP contribution in [0.15, 0.2) is 52.2 Å². The molecule has 2 aliphatic rings. The fourth-order valence-corrected chi connectivity index (χ4v) is 3.61. The fraction of sp³-hybridized carbons (Fsp3) is 0.333. The van der Waals surface area contributed by atoms with E-state index in [1.54, 1.807) is 29.2 Å². The van der Waals surface area contributed by atoms with Crippen LogP contribution in [0.1, 0.15) is 23.0 Å². The molecule has 31 heavy (non-hydrogen) atoms. The molecule has 162 valence electrons. The third-order valence-electron chi connectivity index (χ3n) is 5.26. The van der Waals surface area contributed by atoms with Crippen molar-refractivity contribution in [3.63, 3.8) is 0 Å². The summed E-state index contributed by atoms with van der Waals surface area (Å²) in [6.07, 6.45) is 1.48. The number of benzene rings is 1. The number of piperazine rings is 1. The molecule has 0 radical (unpaired) electrons. The fourth-order valence-electron chi connectivity index (χ4n) is 3.61. The lowest BCUT2D eigenvalue weighted by Gasteiger charge is -2.33. The second-order valence-corrected chi connectivity index (χ2v) is 7.48. The van der Waals surface area contributed by atoms with Gasteiger partial charge < -0.3 is 20.0 Å². The van der Waals surface area contributed by atoms with E-state index in [9.17, 15) is 14.4 Å². The molecule has 1 fully saturated rings. The molecule has 0 aliphatic carbocycles. The first-order chi connectivity index (χ1) is 15.0. The molecular weight excluding hydrogens is 400 g/mol. The molecular formula is C21H24N6O4. The van der Waals surface area contributed by atoms with E-state index in [0.29, 0.717) is 37.6 Å². The molecule has 4 rings (SSSR count). The van der Waals surface area contributed by atoms with Crippen LogP contribution in [0.5, 0.6) is 0 Å². The maximum absolute atomic E-state index is 12.4. The average Bonchev–Trinajstić information content (AvgIpc) is 3.29. The van der Waals surface area contributed by atoms with E-state index in [0.717, 1.165) is 11.3 Å². The van der Waals surface area contributed by atoms with Crippen molar-refractivity contribution in [2.45, 2.75) is 13.0 Å². The largest absolute Gasteiger partial charge is 0.459 e. The summed E-state index contributed by atoms with van der Waals surface area (Å²) in [4.78, 5) is 39.8. The van der Waals surface area contributed by atoms with Crippen LogP contribution in [0.4, 0.5) is 10.5 Å². The SMILES string of the molecule is CC1NC(=O)NN=C1c1ccc(NC(=O)CN2CCN(C(=O)c3ccco3)CC2)cc1. The van der Waals surface area contributed by atoms with Crippen LogP contribution >= 0.6 is 0 Å². The smallest absolute Gasteiger partial charge is 0.335 e. The maximum atomic E-state index is 12.4. The third kappa shape index (κ3) is 4.92. The standard InChI is InChI=1S/C21H24N6O4/c1-14-19(24-25-21(30)22-14)15-4-6-16(7-5-15)23-18(28)13-26-8-10-27(11-9-26)20(29)17-3-2-12-31-17/h2-7,12,14H,8-11,13H2,1H3,(H,23,28)(H2,22,25,30). The summed E-state index contributed by atoms with van der Waals surface area (Å²) >= 11 is 0. The molecule has 0 spiro atoms. The van der Waals surface area contributed by atoms with Crippen molar-refractivity contribution in [1.29, 1.82) is 0 Å². The van der Waals surface area contributed by atoms with Gasteiger partial charge in [0.15, 0.2) is 5.76 Å². The van der Waals surface area contributed by atoms with Crippen molar-refractivity contribution < 1.29 is 18.8 Å². The van der Waals surface area contributed by atoms with E-state index < -0.39 is 0 Å². The van der Waals surface area contributed by atoms with Crippen LogP contribution in [0.25, 0.3) is 0 Å². The summed E-state index contributed by atoms with van der Waals surface area (Å²) in [6.45, 7) is 4.45. The van der Waals surface area contributed by atoms with Crippen molar-refractivity contribution >= 4 is 29.2 Å². The van der Waals surface area contributed by atoms with Gasteiger partial charge in [-0.3, -0.25) is 14.5 Å². The van der Waals surface area contributed by atoms with E-state index in [1.165, 1.54) is 6.26 Å². The van der Waals surface area contributed by atoms with E-state index >= 15 is 0 Å². The van der Waals surface area contributed by atoms with Crippen LogP contribution in [-0.2, 0) is 4.79 Å². The Kier molecular flexibility index (Phi) is 5.99. The molecule has 1 saturated heterocycles. The van der Waals surface area contributed by atoms with Gasteiger partial charge in [0.05, 0.1) is 24.6 Å². The first-order valence-electron chi connectivity index (χ1n) is 10.1. The summed E-state index contributed by atoms with van der Waals surface area (Å²) in [5.74, 6) is 0.0955. The molecule has 1 aromatic heterocycles. The molecule has 0 saturated carbocycles. The Bertz CT molecular complexity index is 978. The highest BCUT2D eigenvalue weighted by atomic mass is 16.3. The predicted octanol–water partition coefficient (Wildman–Crippen LogP) is 1.08. The van der Waals surface area contributed by atoms with Crippen molar-refractivity contribution in [1.82, 2.24) is 20.5 Å². The number of nitrogens with zero attached hydrogens (tertiary/aromatic N) is 3. The van der Waals surface area contributed by atoms with Crippen LogP contribution in [0.2, 0.25) is 0 Å². The highest BCUT2D eigenvalue weighted by Crippen LogP contribution is 2.14. The van der Waals surface area contributed by atoms with Gasteiger partial charge >= 0.3 is 6.03 Å². The van der Waals surface area contributed by atoms with Gasteiger partial charge in [-0.05, 0) is 31.2 Å². The number of carbonyl (C=O) groups excluding carboxylic acids is 3. The minimum Gasteiger partial charge on any atom is -0.459 e. The highest BCUT2D eigenvalue weighted by molar-refractivity contribution is 6.07. The van der Waals surface area contributed by atoms with E-state index in [2.05, 4.69) is 21.2 Å². The zero-order valence-electron chi connectivity index (χ0n) is 17.1. The van der Waals surface area contributed by atoms with Gasteiger partial charge in [0.1, 0.15) is 0 Å². The molecule has 0 bridgehead atoms. The first kappa shape index (κ1) is 20.6. The third-order valence-corrected chi connectivity index (χ3v) is 5.26. The van der Waals surface area contributed by atoms with Gasteiger partial charge in [-0.25, -0.2) is 10.2 Å². The average molecular weight is 424 g/mol. The Morgan fingerprint density at radius 2 is 1.90 bits per heavy atom. The molecule has 10 heteroatoms. The number of nitrogens with one attached hydrogen (secondary N) is 3. The number of hydrogen-bond donors (Lipinski definition) is 3. The van der Waals surface area contributed by atoms with Gasteiger partial charge in [0.25, 0.3) is 5.91 Å². The number of hydrogen-bond acceptors (Lipinski definition) is 6. The monoisotopic (exact) mass is 424 g/mol. The Balaban J connectivity index is 1.26. The van der Waals surface area contributed by atoms with Gasteiger partial charge in [-0.1, -0.05) is 12.1 Å². The number of carbonyl (C=O) groups is 3. The summed E-state index contributed by atoms with van der Waals surface area (Å²) in [5, 5.41) is 9.74. The second-order valence-electron chi connectivity index (χ2n) is 7.48. The minimum atomic E-state index is -0.328. The summed E-state index contributed by atoms with van der Waals surface area (Å²) in [6, 6.07) is 10.1. The summed E-state index contributed by atoms with van der Waals surface area (Å²) in [5.41, 5.74) is 4.66. The Labute approximate surface area is 179 Å². The topological polar surface area (TPSA) is 119 Å². The molecule has 1 aromatic carbocycles. The number of amides is 4. The lowest BCUT2D eigenvalue weighted by molar-refractivity contribution is -0.117. The molecule has 1 unspecified atom stereocenters. The first-order valence-corrected chi connectivity index (χ1v) is 10.1. The Hall–Kier alpha value is -3.66. The molecule has 2 aromatic rings. The summed E-state index contributed by atoms with van der Waals surface area (Å²) in [7, 11) is 0. The lowest BCUT2D eigenvalue weighted by Crippen LogP contribution is -2.50. The number of rotatable bonds is 5. The molecule has 3 heterocycles. The van der Waals surface area contributed by atoms with Gasteiger partial charge in [0, 0.05) is 37.4 Å². The van der Waals surface area contributed by atoms with Crippen LogP contribution in [-0.4, -0.2) is 72.1 Å². The molecule has 4 amide bonds. The van der Waals surface area contributed by atoms with Gasteiger partial charge in [-0.2, -0.15) is 5.10 Å². The van der Waals surface area contributed by atoms with Crippen molar-refractivity contribution in [2.75, 3.05) is 38.0 Å². The number of furan rings is 1. The zero-order chi connectivity index (χ0) is 21.8. The number of hydrazone groups is 1. The maximum Gasteiger partial charge on any atom is 0.335 e. The van der Waals surface area contributed by atoms with Crippen molar-refractivity contribution in [3.05, 3.63) is 54.0 Å². The van der Waals surface area contributed by atoms with Crippen molar-refractivity contribution in [2.24, 2.45) is 5.10 Å². The normalized spacial score (nSPS) is 19.3. The van der Waals surface area contributed by atoms with E-state index in [-0.39, 0.29) is 30.4 Å². The minimum absolute atomic E-state index is 0.115. The molecule has 10 nitrogen and oxygen atoms in total. The second kappa shape index (κ2) is 9.00. The summed E-state index contributed by atoms with van der Waals surface area (Å²) < 4.78 is 5.17. The van der Waals surface area contributed by atoms with Crippen LogP contribution in [0, 0.1) is 0 Å². The van der Waals surface area contributed by atoms with E-state index in [1.807, 2.05) is 24.0 Å². The predicted molar refractivity (Wildman–Crippen MR) is 114 cm³/mol. The van der Waals surface area contributed by atoms with Gasteiger partial charge in [-0.15, -0.1) is 0 Å². The van der Waals surface area contributed by atoms with Crippen LogP contribution in [0.3, 0.4) is 0 Å². The van der Waals surface area contributed by atoms with Crippen LogP contribution < -0.4 is 16.1 Å². The molecule has 1 atom stereocenters. The highest BCUT2D eigenvalue weighted by Gasteiger charge is 2.25. The van der Waals surface area contributed by atoms with Crippen molar-refractivity contribution in [3.8, 4) is 0 Å².